The maximum Gasteiger partial charge on any atom is 0.146 e. The van der Waals surface area contributed by atoms with Crippen molar-refractivity contribution in [3.8, 4) is 0 Å². The van der Waals surface area contributed by atoms with Gasteiger partial charge in [-0.2, -0.15) is 0 Å². The smallest absolute Gasteiger partial charge is 0.146 e. The minimum absolute atomic E-state index is 0.00253. The van der Waals surface area contributed by atoms with Crippen molar-refractivity contribution < 1.29 is 24.1 Å². The molecule has 18 heavy (non-hydrogen) atoms. The molecule has 3 atom stereocenters. The second-order valence-corrected chi connectivity index (χ2v) is 4.23. The molecule has 0 rings (SSSR count). The van der Waals surface area contributed by atoms with Crippen LogP contribution < -0.4 is 0 Å². The fourth-order valence-corrected chi connectivity index (χ4v) is 1.61. The van der Waals surface area contributed by atoms with E-state index in [-0.39, 0.29) is 25.8 Å². The third-order valence-corrected chi connectivity index (χ3v) is 2.46. The maximum atomic E-state index is 9.75. The number of hydrogen-bond acceptors (Lipinski definition) is 5. The van der Waals surface area contributed by atoms with Crippen molar-refractivity contribution in [3.63, 3.8) is 0 Å². The molecule has 0 heterocycles. The van der Waals surface area contributed by atoms with E-state index in [9.17, 15) is 5.11 Å². The van der Waals surface area contributed by atoms with Gasteiger partial charge in [0.25, 0.3) is 0 Å². The lowest BCUT2D eigenvalue weighted by atomic mass is 10.0. The van der Waals surface area contributed by atoms with Crippen molar-refractivity contribution in [2.24, 2.45) is 0 Å². The van der Waals surface area contributed by atoms with Crippen LogP contribution in [0, 0.1) is 0 Å². The Morgan fingerprint density at radius 1 is 1.11 bits per heavy atom. The predicted molar refractivity (Wildman–Crippen MR) is 69.2 cm³/mol. The molecule has 0 bridgehead atoms. The summed E-state index contributed by atoms with van der Waals surface area (Å²) in [5.41, 5.74) is 0. The lowest BCUT2D eigenvalue weighted by Crippen LogP contribution is -2.26. The lowest BCUT2D eigenvalue weighted by molar-refractivity contribution is -0.117. The Labute approximate surface area is 110 Å². The van der Waals surface area contributed by atoms with Gasteiger partial charge in [-0.05, 0) is 26.2 Å². The second kappa shape index (κ2) is 11.6. The van der Waals surface area contributed by atoms with E-state index in [1.807, 2.05) is 6.92 Å². The number of ether oxygens (including phenoxy) is 4. The Hall–Kier alpha value is -0.460. The van der Waals surface area contributed by atoms with Crippen molar-refractivity contribution in [3.05, 3.63) is 12.7 Å². The van der Waals surface area contributed by atoms with Gasteiger partial charge in [0.1, 0.15) is 13.6 Å². The molecule has 0 radical (unpaired) electrons. The third-order valence-electron chi connectivity index (χ3n) is 2.46. The zero-order valence-electron chi connectivity index (χ0n) is 11.6. The zero-order valence-corrected chi connectivity index (χ0v) is 11.6. The average Bonchev–Trinajstić information content (AvgIpc) is 2.33. The normalized spacial score (nSPS) is 16.2. The molecule has 0 spiro atoms. The fraction of sp³-hybridized carbons (Fsp3) is 0.846. The van der Waals surface area contributed by atoms with Crippen molar-refractivity contribution in [1.29, 1.82) is 0 Å². The highest BCUT2D eigenvalue weighted by molar-refractivity contribution is 4.76. The van der Waals surface area contributed by atoms with Gasteiger partial charge in [-0.1, -0.05) is 6.08 Å². The van der Waals surface area contributed by atoms with Gasteiger partial charge in [-0.3, -0.25) is 0 Å². The number of aliphatic hydroxyl groups excluding tert-OH is 1. The summed E-state index contributed by atoms with van der Waals surface area (Å²) in [7, 11) is 3.15. The minimum Gasteiger partial charge on any atom is -0.393 e. The largest absolute Gasteiger partial charge is 0.393 e. The Balaban J connectivity index is 4.07. The van der Waals surface area contributed by atoms with Crippen LogP contribution in [0.15, 0.2) is 12.7 Å². The van der Waals surface area contributed by atoms with E-state index < -0.39 is 6.10 Å². The van der Waals surface area contributed by atoms with Crippen LogP contribution in [0.2, 0.25) is 0 Å². The lowest BCUT2D eigenvalue weighted by Gasteiger charge is -2.23. The molecular weight excluding hydrogens is 236 g/mol. The van der Waals surface area contributed by atoms with Crippen LogP contribution in [0.3, 0.4) is 0 Å². The zero-order chi connectivity index (χ0) is 13.8. The molecule has 108 valence electrons. The van der Waals surface area contributed by atoms with Crippen LogP contribution in [0.5, 0.6) is 0 Å². The molecule has 0 saturated carbocycles. The quantitative estimate of drug-likeness (QED) is 0.428. The molecule has 0 aliphatic carbocycles. The number of methoxy groups -OCH3 is 2. The molecule has 1 N–H and O–H groups in total. The fourth-order valence-electron chi connectivity index (χ4n) is 1.61. The maximum absolute atomic E-state index is 9.75. The van der Waals surface area contributed by atoms with Gasteiger partial charge in [0.2, 0.25) is 0 Å². The first kappa shape index (κ1) is 17.5. The highest BCUT2D eigenvalue weighted by Crippen LogP contribution is 2.14. The summed E-state index contributed by atoms with van der Waals surface area (Å²) in [5, 5.41) is 9.75. The van der Waals surface area contributed by atoms with Gasteiger partial charge in [0.05, 0.1) is 18.3 Å². The Morgan fingerprint density at radius 2 is 1.72 bits per heavy atom. The Kier molecular flexibility index (Phi) is 11.3. The SMILES string of the molecule is C=CC[C@@H](O)C[C@H](C[C@H](C)OCOC)OCOC. The molecule has 0 aliphatic rings. The molecule has 5 heteroatoms. The van der Waals surface area contributed by atoms with Crippen LogP contribution in [-0.4, -0.2) is 51.2 Å². The van der Waals surface area contributed by atoms with Crippen LogP contribution in [0.4, 0.5) is 0 Å². The average molecular weight is 262 g/mol. The van der Waals surface area contributed by atoms with E-state index in [1.54, 1.807) is 20.3 Å². The summed E-state index contributed by atoms with van der Waals surface area (Å²) in [6, 6.07) is 0. The van der Waals surface area contributed by atoms with E-state index in [0.29, 0.717) is 19.3 Å². The molecule has 0 unspecified atom stereocenters. The van der Waals surface area contributed by atoms with E-state index in [0.717, 1.165) is 0 Å². The summed E-state index contributed by atoms with van der Waals surface area (Å²) >= 11 is 0. The Morgan fingerprint density at radius 3 is 2.28 bits per heavy atom. The standard InChI is InChI=1S/C13H26O5/c1-5-6-12(14)8-13(18-10-16-4)7-11(2)17-9-15-3/h5,11-14H,1,6-10H2,2-4H3/t11-,12+,13-/m0/s1. The molecule has 0 aromatic heterocycles. The van der Waals surface area contributed by atoms with Crippen LogP contribution in [0.1, 0.15) is 26.2 Å². The summed E-state index contributed by atoms with van der Waals surface area (Å²) in [6.07, 6.45) is 2.92. The number of aliphatic hydroxyl groups is 1. The molecule has 5 nitrogen and oxygen atoms in total. The first-order valence-corrected chi connectivity index (χ1v) is 6.14. The molecule has 0 fully saturated rings. The van der Waals surface area contributed by atoms with Crippen molar-refractivity contribution in [1.82, 2.24) is 0 Å². The molecule has 0 amide bonds. The van der Waals surface area contributed by atoms with Crippen LogP contribution in [-0.2, 0) is 18.9 Å². The highest BCUT2D eigenvalue weighted by atomic mass is 16.7. The first-order valence-electron chi connectivity index (χ1n) is 6.14. The number of rotatable bonds is 12. The summed E-state index contributed by atoms with van der Waals surface area (Å²) in [4.78, 5) is 0. The summed E-state index contributed by atoms with van der Waals surface area (Å²) in [5.74, 6) is 0. The highest BCUT2D eigenvalue weighted by Gasteiger charge is 2.18. The van der Waals surface area contributed by atoms with E-state index in [1.165, 1.54) is 0 Å². The molecule has 0 aromatic carbocycles. The van der Waals surface area contributed by atoms with Gasteiger partial charge in [-0.25, -0.2) is 0 Å². The Bertz CT molecular complexity index is 198. The van der Waals surface area contributed by atoms with Crippen molar-refractivity contribution in [2.75, 3.05) is 27.8 Å². The topological polar surface area (TPSA) is 57.2 Å². The molecule has 0 aromatic rings. The van der Waals surface area contributed by atoms with Gasteiger partial charge in [-0.15, -0.1) is 6.58 Å². The summed E-state index contributed by atoms with van der Waals surface area (Å²) in [6.45, 7) is 6.02. The van der Waals surface area contributed by atoms with Gasteiger partial charge in [0, 0.05) is 14.2 Å². The van der Waals surface area contributed by atoms with E-state index >= 15 is 0 Å². The minimum atomic E-state index is -0.445. The molecule has 0 aliphatic heterocycles. The molecule has 0 saturated heterocycles. The van der Waals surface area contributed by atoms with E-state index in [4.69, 9.17) is 18.9 Å². The van der Waals surface area contributed by atoms with Gasteiger partial charge >= 0.3 is 0 Å². The summed E-state index contributed by atoms with van der Waals surface area (Å²) < 4.78 is 20.7. The van der Waals surface area contributed by atoms with Crippen LogP contribution in [0.25, 0.3) is 0 Å². The second-order valence-electron chi connectivity index (χ2n) is 4.23. The van der Waals surface area contributed by atoms with Crippen molar-refractivity contribution in [2.45, 2.75) is 44.5 Å². The third kappa shape index (κ3) is 9.56. The molecular formula is C13H26O5. The monoisotopic (exact) mass is 262 g/mol. The van der Waals surface area contributed by atoms with Gasteiger partial charge < -0.3 is 24.1 Å². The van der Waals surface area contributed by atoms with E-state index in [2.05, 4.69) is 6.58 Å². The predicted octanol–water partition coefficient (Wildman–Crippen LogP) is 1.70. The first-order chi connectivity index (χ1) is 8.63. The van der Waals surface area contributed by atoms with Crippen LogP contribution >= 0.6 is 0 Å². The van der Waals surface area contributed by atoms with Gasteiger partial charge in [0.15, 0.2) is 0 Å². The van der Waals surface area contributed by atoms with Crippen molar-refractivity contribution >= 4 is 0 Å². The number of hydrogen-bond donors (Lipinski definition) is 1.